The molecular formula is C16H15BrClNO. The molecule has 2 aromatic rings. The van der Waals surface area contributed by atoms with E-state index in [0.29, 0.717) is 10.7 Å². The molecule has 0 fully saturated rings. The third-order valence-corrected chi connectivity index (χ3v) is 3.92. The molecule has 0 bridgehead atoms. The van der Waals surface area contributed by atoms with Crippen molar-refractivity contribution < 1.29 is 4.79 Å². The summed E-state index contributed by atoms with van der Waals surface area (Å²) in [6.07, 6.45) is 0.740. The molecule has 4 heteroatoms. The maximum atomic E-state index is 12.4. The highest BCUT2D eigenvalue weighted by Crippen LogP contribution is 2.28. The largest absolute Gasteiger partial charge is 0.324 e. The van der Waals surface area contributed by atoms with Crippen molar-refractivity contribution in [1.82, 2.24) is 0 Å². The Balaban J connectivity index is 2.18. The molecule has 0 saturated carbocycles. The molecule has 0 spiro atoms. The van der Waals surface area contributed by atoms with Crippen LogP contribution in [0.3, 0.4) is 0 Å². The molecular weight excluding hydrogens is 338 g/mol. The first-order valence-corrected chi connectivity index (χ1v) is 7.59. The Labute approximate surface area is 132 Å². The quantitative estimate of drug-likeness (QED) is 0.801. The monoisotopic (exact) mass is 351 g/mol. The minimum absolute atomic E-state index is 0.0390. The summed E-state index contributed by atoms with van der Waals surface area (Å²) in [5.74, 6) is -0.209. The van der Waals surface area contributed by atoms with Crippen LogP contribution in [0.5, 0.6) is 0 Å². The number of nitrogens with one attached hydrogen (secondary N) is 1. The summed E-state index contributed by atoms with van der Waals surface area (Å²) in [7, 11) is 0. The van der Waals surface area contributed by atoms with Crippen LogP contribution in [0.25, 0.3) is 0 Å². The summed E-state index contributed by atoms with van der Waals surface area (Å²) in [6.45, 7) is 2.00. The van der Waals surface area contributed by atoms with E-state index in [-0.39, 0.29) is 11.8 Å². The Kier molecular flexibility index (Phi) is 5.21. The molecule has 1 N–H and O–H groups in total. The Bertz CT molecular complexity index is 601. The highest BCUT2D eigenvalue weighted by Gasteiger charge is 2.19. The average Bonchev–Trinajstić information content (AvgIpc) is 2.44. The van der Waals surface area contributed by atoms with Gasteiger partial charge in [0.15, 0.2) is 0 Å². The minimum Gasteiger partial charge on any atom is -0.324 e. The zero-order chi connectivity index (χ0) is 14.5. The van der Waals surface area contributed by atoms with E-state index in [4.69, 9.17) is 11.6 Å². The van der Waals surface area contributed by atoms with Crippen molar-refractivity contribution in [1.29, 1.82) is 0 Å². The maximum Gasteiger partial charge on any atom is 0.231 e. The van der Waals surface area contributed by atoms with Gasteiger partial charge in [-0.25, -0.2) is 0 Å². The average molecular weight is 353 g/mol. The molecule has 0 radical (unpaired) electrons. The standard InChI is InChI=1S/C16H15BrClNO/c1-2-13(11-6-4-3-5-7-11)16(20)19-15-9-8-12(17)10-14(15)18/h3-10,13H,2H2,1H3,(H,19,20). The van der Waals surface area contributed by atoms with E-state index in [0.717, 1.165) is 16.5 Å². The third kappa shape index (κ3) is 3.62. The van der Waals surface area contributed by atoms with Crippen LogP contribution in [0, 0.1) is 0 Å². The van der Waals surface area contributed by atoms with Crippen LogP contribution in [0.1, 0.15) is 24.8 Å². The zero-order valence-electron chi connectivity index (χ0n) is 11.1. The fraction of sp³-hybridized carbons (Fsp3) is 0.188. The summed E-state index contributed by atoms with van der Waals surface area (Å²) in [4.78, 5) is 12.4. The number of hydrogen-bond donors (Lipinski definition) is 1. The second kappa shape index (κ2) is 6.91. The SMILES string of the molecule is CCC(C(=O)Nc1ccc(Br)cc1Cl)c1ccccc1. The number of carbonyl (C=O) groups is 1. The predicted molar refractivity (Wildman–Crippen MR) is 87.3 cm³/mol. The molecule has 1 atom stereocenters. The fourth-order valence-corrected chi connectivity index (χ4v) is 2.79. The van der Waals surface area contributed by atoms with E-state index < -0.39 is 0 Å². The molecule has 2 rings (SSSR count). The fourth-order valence-electron chi connectivity index (χ4n) is 2.07. The zero-order valence-corrected chi connectivity index (χ0v) is 13.4. The van der Waals surface area contributed by atoms with Crippen molar-refractivity contribution >= 4 is 39.1 Å². The first kappa shape index (κ1) is 15.1. The number of anilines is 1. The van der Waals surface area contributed by atoms with Gasteiger partial charge in [0.05, 0.1) is 16.6 Å². The molecule has 1 unspecified atom stereocenters. The van der Waals surface area contributed by atoms with Gasteiger partial charge in [-0.2, -0.15) is 0 Å². The van der Waals surface area contributed by atoms with Crippen molar-refractivity contribution in [3.63, 3.8) is 0 Å². The van der Waals surface area contributed by atoms with Crippen molar-refractivity contribution in [3.8, 4) is 0 Å². The van der Waals surface area contributed by atoms with Gasteiger partial charge in [0.25, 0.3) is 0 Å². The molecule has 0 aliphatic heterocycles. The van der Waals surface area contributed by atoms with Crippen molar-refractivity contribution in [2.75, 3.05) is 5.32 Å². The molecule has 0 aliphatic carbocycles. The lowest BCUT2D eigenvalue weighted by Gasteiger charge is -2.16. The van der Waals surface area contributed by atoms with Gasteiger partial charge in [-0.15, -0.1) is 0 Å². The lowest BCUT2D eigenvalue weighted by Crippen LogP contribution is -2.20. The second-order valence-corrected chi connectivity index (χ2v) is 5.81. The summed E-state index contributed by atoms with van der Waals surface area (Å²) in [5.41, 5.74) is 1.65. The first-order valence-electron chi connectivity index (χ1n) is 6.42. The molecule has 1 amide bonds. The Morgan fingerprint density at radius 3 is 2.55 bits per heavy atom. The highest BCUT2D eigenvalue weighted by molar-refractivity contribution is 9.10. The van der Waals surface area contributed by atoms with Gasteiger partial charge in [-0.05, 0) is 30.2 Å². The molecule has 2 nitrogen and oxygen atoms in total. The Morgan fingerprint density at radius 1 is 1.25 bits per heavy atom. The van der Waals surface area contributed by atoms with Gasteiger partial charge >= 0.3 is 0 Å². The van der Waals surface area contributed by atoms with E-state index in [1.807, 2.05) is 43.3 Å². The number of halogens is 2. The summed E-state index contributed by atoms with van der Waals surface area (Å²) in [5, 5.41) is 3.42. The number of rotatable bonds is 4. The summed E-state index contributed by atoms with van der Waals surface area (Å²) in [6, 6.07) is 15.2. The number of hydrogen-bond acceptors (Lipinski definition) is 1. The predicted octanol–water partition coefficient (Wildman–Crippen LogP) is 5.23. The van der Waals surface area contributed by atoms with Crippen molar-refractivity contribution in [2.24, 2.45) is 0 Å². The van der Waals surface area contributed by atoms with Crippen LogP contribution < -0.4 is 5.32 Å². The van der Waals surface area contributed by atoms with Gasteiger partial charge in [0, 0.05) is 4.47 Å². The van der Waals surface area contributed by atoms with Gasteiger partial charge in [-0.3, -0.25) is 4.79 Å². The first-order chi connectivity index (χ1) is 9.61. The third-order valence-electron chi connectivity index (χ3n) is 3.12. The van der Waals surface area contributed by atoms with Crippen LogP contribution in [0.15, 0.2) is 53.0 Å². The van der Waals surface area contributed by atoms with Crippen molar-refractivity contribution in [3.05, 3.63) is 63.6 Å². The van der Waals surface area contributed by atoms with Crippen LogP contribution in [0.2, 0.25) is 5.02 Å². The van der Waals surface area contributed by atoms with Crippen LogP contribution >= 0.6 is 27.5 Å². The lowest BCUT2D eigenvalue weighted by molar-refractivity contribution is -0.117. The summed E-state index contributed by atoms with van der Waals surface area (Å²) >= 11 is 9.47. The van der Waals surface area contributed by atoms with Gasteiger partial charge in [0.2, 0.25) is 5.91 Å². The number of carbonyl (C=O) groups excluding carboxylic acids is 1. The minimum atomic E-state index is -0.170. The Morgan fingerprint density at radius 2 is 1.95 bits per heavy atom. The highest BCUT2D eigenvalue weighted by atomic mass is 79.9. The van der Waals surface area contributed by atoms with E-state index in [2.05, 4.69) is 21.2 Å². The summed E-state index contributed by atoms with van der Waals surface area (Å²) < 4.78 is 0.885. The molecule has 2 aromatic carbocycles. The molecule has 104 valence electrons. The van der Waals surface area contributed by atoms with Gasteiger partial charge in [0.1, 0.15) is 0 Å². The van der Waals surface area contributed by atoms with Crippen LogP contribution in [0.4, 0.5) is 5.69 Å². The smallest absolute Gasteiger partial charge is 0.231 e. The lowest BCUT2D eigenvalue weighted by atomic mass is 9.95. The van der Waals surface area contributed by atoms with E-state index >= 15 is 0 Å². The number of amides is 1. The number of benzene rings is 2. The maximum absolute atomic E-state index is 12.4. The molecule has 0 aromatic heterocycles. The molecule has 0 saturated heterocycles. The van der Waals surface area contributed by atoms with Crippen LogP contribution in [-0.4, -0.2) is 5.91 Å². The van der Waals surface area contributed by atoms with E-state index in [1.165, 1.54) is 0 Å². The van der Waals surface area contributed by atoms with Gasteiger partial charge in [-0.1, -0.05) is 64.8 Å². The van der Waals surface area contributed by atoms with E-state index in [1.54, 1.807) is 12.1 Å². The van der Waals surface area contributed by atoms with Gasteiger partial charge < -0.3 is 5.32 Å². The van der Waals surface area contributed by atoms with E-state index in [9.17, 15) is 4.79 Å². The molecule has 0 heterocycles. The van der Waals surface area contributed by atoms with Crippen molar-refractivity contribution in [2.45, 2.75) is 19.3 Å². The Hall–Kier alpha value is -1.32. The molecule has 20 heavy (non-hydrogen) atoms. The topological polar surface area (TPSA) is 29.1 Å². The van der Waals surface area contributed by atoms with Crippen LogP contribution in [-0.2, 0) is 4.79 Å². The normalized spacial score (nSPS) is 11.9. The second-order valence-electron chi connectivity index (χ2n) is 4.48. The molecule has 0 aliphatic rings.